The van der Waals surface area contributed by atoms with Gasteiger partial charge in [0.2, 0.25) is 0 Å². The van der Waals surface area contributed by atoms with Gasteiger partial charge in [0, 0.05) is 0 Å². The molecule has 0 unspecified atom stereocenters. The van der Waals surface area contributed by atoms with E-state index in [1.807, 2.05) is 0 Å². The number of hydrogen-bond acceptors (Lipinski definition) is 0. The Kier molecular flexibility index (Phi) is 7.80. The van der Waals surface area contributed by atoms with Gasteiger partial charge in [-0.15, -0.1) is 0 Å². The molecule has 0 nitrogen and oxygen atoms in total. The third-order valence-corrected chi connectivity index (χ3v) is 3.34. The van der Waals surface area contributed by atoms with E-state index in [1.165, 1.54) is 51.4 Å². The van der Waals surface area contributed by atoms with Crippen molar-refractivity contribution < 1.29 is 26.2 Å². The zero-order valence-corrected chi connectivity index (χ0v) is 11.3. The van der Waals surface area contributed by atoms with Crippen LogP contribution in [0.4, 0.5) is 0 Å². The maximum absolute atomic E-state index is 2.68. The van der Waals surface area contributed by atoms with Crippen molar-refractivity contribution in [3.8, 4) is 0 Å². The molecule has 0 aromatic heterocycles. The SMILES string of the molecule is [B-](C1CCCC1)C1CCCC1.[CH3-].[Zr+4]. The van der Waals surface area contributed by atoms with Crippen LogP contribution in [0.2, 0.25) is 11.6 Å². The zero-order chi connectivity index (χ0) is 7.52. The van der Waals surface area contributed by atoms with Gasteiger partial charge >= 0.3 is 26.2 Å². The Bertz CT molecular complexity index is 101. The summed E-state index contributed by atoms with van der Waals surface area (Å²) in [6, 6.07) is 0. The average molecular weight is 255 g/mol. The summed E-state index contributed by atoms with van der Waals surface area (Å²) >= 11 is 0. The predicted molar refractivity (Wildman–Crippen MR) is 56.6 cm³/mol. The summed E-state index contributed by atoms with van der Waals surface area (Å²) in [5.41, 5.74) is 0. The second kappa shape index (κ2) is 7.27. The molecule has 0 aromatic carbocycles. The van der Waals surface area contributed by atoms with Gasteiger partial charge in [0.05, 0.1) is 0 Å². The van der Waals surface area contributed by atoms with Crippen LogP contribution in [0, 0.1) is 7.43 Å². The van der Waals surface area contributed by atoms with Gasteiger partial charge in [0.1, 0.15) is 0 Å². The van der Waals surface area contributed by atoms with E-state index in [-0.39, 0.29) is 33.6 Å². The van der Waals surface area contributed by atoms with Crippen LogP contribution in [0.15, 0.2) is 0 Å². The summed E-state index contributed by atoms with van der Waals surface area (Å²) in [7, 11) is 2.68. The fraction of sp³-hybridized carbons (Fsp3) is 0.909. The van der Waals surface area contributed by atoms with Gasteiger partial charge in [-0.3, -0.25) is 0 Å². The molecule has 0 bridgehead atoms. The summed E-state index contributed by atoms with van der Waals surface area (Å²) in [5, 5.41) is 0. The first kappa shape index (κ1) is 13.9. The monoisotopic (exact) mass is 254 g/mol. The first-order valence-corrected chi connectivity index (χ1v) is 5.30. The van der Waals surface area contributed by atoms with Crippen molar-refractivity contribution in [2.75, 3.05) is 0 Å². The predicted octanol–water partition coefficient (Wildman–Crippen LogP) is 3.86. The molecule has 0 aromatic rings. The van der Waals surface area contributed by atoms with Crippen LogP contribution in [0.1, 0.15) is 51.4 Å². The molecular weight excluding hydrogens is 234 g/mol. The summed E-state index contributed by atoms with van der Waals surface area (Å²) in [5.74, 6) is 2.02. The average Bonchev–Trinajstić information content (AvgIpc) is 2.60. The van der Waals surface area contributed by atoms with E-state index in [2.05, 4.69) is 7.28 Å². The summed E-state index contributed by atoms with van der Waals surface area (Å²) < 4.78 is 0. The molecule has 2 fully saturated rings. The van der Waals surface area contributed by atoms with Crippen molar-refractivity contribution in [3.63, 3.8) is 0 Å². The minimum absolute atomic E-state index is 0. The third-order valence-electron chi connectivity index (χ3n) is 3.34. The molecule has 13 heavy (non-hydrogen) atoms. The fourth-order valence-electron chi connectivity index (χ4n) is 2.68. The van der Waals surface area contributed by atoms with E-state index in [9.17, 15) is 0 Å². The van der Waals surface area contributed by atoms with Gasteiger partial charge in [-0.2, -0.15) is 0 Å². The third kappa shape index (κ3) is 4.32. The fourth-order valence-corrected chi connectivity index (χ4v) is 2.68. The Morgan fingerprint density at radius 1 is 0.692 bits per heavy atom. The maximum Gasteiger partial charge on any atom is 4.00 e. The van der Waals surface area contributed by atoms with Crippen molar-refractivity contribution in [2.45, 2.75) is 63.0 Å². The van der Waals surface area contributed by atoms with Crippen LogP contribution in [-0.4, -0.2) is 7.28 Å². The number of rotatable bonds is 2. The standard InChI is InChI=1S/C10H18B.CH3.Zr/c1-2-6-9(5-1)11-10-7-3-4-8-10;;/h9-10H,1-8H2;1H3;/q2*-1;+4. The minimum atomic E-state index is 0. The Morgan fingerprint density at radius 2 is 1.00 bits per heavy atom. The van der Waals surface area contributed by atoms with E-state index in [0.717, 1.165) is 11.6 Å². The molecule has 0 spiro atoms. The second-order valence-corrected chi connectivity index (χ2v) is 4.28. The Balaban J connectivity index is 0.000000720. The van der Waals surface area contributed by atoms with Gasteiger partial charge in [0.15, 0.2) is 0 Å². The minimum Gasteiger partial charge on any atom is -0.358 e. The molecule has 70 valence electrons. The number of hydrogen-bond donors (Lipinski definition) is 0. The molecule has 2 saturated carbocycles. The van der Waals surface area contributed by atoms with Gasteiger partial charge in [0.25, 0.3) is 0 Å². The molecule has 2 aliphatic rings. The van der Waals surface area contributed by atoms with Crippen molar-refractivity contribution >= 4 is 7.28 Å². The summed E-state index contributed by atoms with van der Waals surface area (Å²) in [6.45, 7) is 0. The quantitative estimate of drug-likeness (QED) is 0.519. The van der Waals surface area contributed by atoms with E-state index in [4.69, 9.17) is 0 Å². The molecule has 2 radical (unpaired) electrons. The molecule has 0 heterocycles. The van der Waals surface area contributed by atoms with Crippen LogP contribution >= 0.6 is 0 Å². The van der Waals surface area contributed by atoms with Crippen LogP contribution in [0.5, 0.6) is 0 Å². The van der Waals surface area contributed by atoms with Crippen molar-refractivity contribution in [2.24, 2.45) is 0 Å². The van der Waals surface area contributed by atoms with Gasteiger partial charge in [-0.1, -0.05) is 51.4 Å². The molecule has 0 amide bonds. The maximum atomic E-state index is 2.68. The van der Waals surface area contributed by atoms with Crippen LogP contribution in [0.25, 0.3) is 0 Å². The van der Waals surface area contributed by atoms with Crippen LogP contribution < -0.4 is 0 Å². The van der Waals surface area contributed by atoms with E-state index >= 15 is 0 Å². The second-order valence-electron chi connectivity index (χ2n) is 4.28. The Labute approximate surface area is 104 Å². The van der Waals surface area contributed by atoms with E-state index in [0.29, 0.717) is 0 Å². The molecule has 0 N–H and O–H groups in total. The van der Waals surface area contributed by atoms with Gasteiger partial charge in [-0.05, 0) is 0 Å². The summed E-state index contributed by atoms with van der Waals surface area (Å²) in [6.07, 6.45) is 12.0. The van der Waals surface area contributed by atoms with Crippen LogP contribution in [-0.2, 0) is 26.2 Å². The summed E-state index contributed by atoms with van der Waals surface area (Å²) in [4.78, 5) is 0. The topological polar surface area (TPSA) is 0 Å². The molecule has 2 heteroatoms. The van der Waals surface area contributed by atoms with Crippen LogP contribution in [0.3, 0.4) is 0 Å². The molecule has 0 saturated heterocycles. The smallest absolute Gasteiger partial charge is 0.358 e. The van der Waals surface area contributed by atoms with Crippen molar-refractivity contribution in [1.29, 1.82) is 0 Å². The largest absolute Gasteiger partial charge is 4.00 e. The Hall–Kier alpha value is 0.948. The van der Waals surface area contributed by atoms with E-state index in [1.54, 1.807) is 0 Å². The first-order chi connectivity index (χ1) is 5.45. The molecular formula is C11H21BZr+2. The molecule has 2 aliphatic carbocycles. The first-order valence-electron chi connectivity index (χ1n) is 5.30. The zero-order valence-electron chi connectivity index (χ0n) is 8.89. The van der Waals surface area contributed by atoms with Gasteiger partial charge in [-0.25, -0.2) is 11.6 Å². The molecule has 2 rings (SSSR count). The van der Waals surface area contributed by atoms with Crippen molar-refractivity contribution in [1.82, 2.24) is 0 Å². The van der Waals surface area contributed by atoms with Crippen molar-refractivity contribution in [3.05, 3.63) is 7.43 Å². The normalized spacial score (nSPS) is 24.0. The Morgan fingerprint density at radius 3 is 1.31 bits per heavy atom. The molecule has 0 atom stereocenters. The van der Waals surface area contributed by atoms with E-state index < -0.39 is 0 Å². The van der Waals surface area contributed by atoms with Gasteiger partial charge < -0.3 is 14.7 Å². The molecule has 0 aliphatic heterocycles.